The van der Waals surface area contributed by atoms with Gasteiger partial charge in [-0.05, 0) is 34.5 Å². The number of hydrogen-bond acceptors (Lipinski definition) is 3. The fourth-order valence-electron chi connectivity index (χ4n) is 1.62. The molecule has 1 amide bonds. The van der Waals surface area contributed by atoms with Crippen LogP contribution in [-0.4, -0.2) is 31.5 Å². The minimum Gasteiger partial charge on any atom is -0.359 e. The van der Waals surface area contributed by atoms with E-state index in [0.717, 1.165) is 15.9 Å². The van der Waals surface area contributed by atoms with Gasteiger partial charge in [-0.2, -0.15) is 0 Å². The lowest BCUT2D eigenvalue weighted by Crippen LogP contribution is -2.34. The summed E-state index contributed by atoms with van der Waals surface area (Å²) in [5.41, 5.74) is 1.13. The lowest BCUT2D eigenvalue weighted by molar-refractivity contribution is -0.123. The summed E-state index contributed by atoms with van der Waals surface area (Å²) in [5, 5.41) is 2.65. The highest BCUT2D eigenvalue weighted by Gasteiger charge is 2.16. The van der Waals surface area contributed by atoms with Gasteiger partial charge in [-0.25, -0.2) is 4.98 Å². The molecule has 1 N–H and O–H groups in total. The standard InChI is InChI=1S/C12H18BrN3O/c1-8-5-6-15-11(10(8)13)16(4)7-9(2)12(17)14-3/h5-6,9H,7H2,1-4H3,(H,14,17). The minimum absolute atomic E-state index is 0.0422. The quantitative estimate of drug-likeness (QED) is 0.924. The number of anilines is 1. The summed E-state index contributed by atoms with van der Waals surface area (Å²) in [7, 11) is 3.59. The molecule has 1 unspecified atom stereocenters. The van der Waals surface area contributed by atoms with Crippen LogP contribution in [0.2, 0.25) is 0 Å². The predicted molar refractivity (Wildman–Crippen MR) is 73.2 cm³/mol. The Hall–Kier alpha value is -1.10. The van der Waals surface area contributed by atoms with Gasteiger partial charge in [-0.15, -0.1) is 0 Å². The first-order valence-electron chi connectivity index (χ1n) is 5.51. The molecule has 1 aromatic rings. The van der Waals surface area contributed by atoms with Crippen molar-refractivity contribution >= 4 is 27.7 Å². The number of carbonyl (C=O) groups excluding carboxylic acids is 1. The Labute approximate surface area is 111 Å². The molecule has 94 valence electrons. The first-order valence-corrected chi connectivity index (χ1v) is 6.30. The van der Waals surface area contributed by atoms with Crippen LogP contribution in [0.5, 0.6) is 0 Å². The molecule has 0 aliphatic heterocycles. The number of halogens is 1. The molecule has 0 aromatic carbocycles. The van der Waals surface area contributed by atoms with Gasteiger partial charge in [0.05, 0.1) is 10.4 Å². The number of rotatable bonds is 4. The van der Waals surface area contributed by atoms with Gasteiger partial charge in [0.25, 0.3) is 0 Å². The number of carbonyl (C=O) groups is 1. The Bertz CT molecular complexity index is 409. The SMILES string of the molecule is CNC(=O)C(C)CN(C)c1nccc(C)c1Br. The smallest absolute Gasteiger partial charge is 0.224 e. The van der Waals surface area contributed by atoms with Crippen LogP contribution in [-0.2, 0) is 4.79 Å². The Morgan fingerprint density at radius 2 is 2.29 bits per heavy atom. The summed E-state index contributed by atoms with van der Waals surface area (Å²) in [6, 6.07) is 1.95. The van der Waals surface area contributed by atoms with Crippen LogP contribution in [0.3, 0.4) is 0 Å². The van der Waals surface area contributed by atoms with E-state index in [2.05, 4.69) is 26.2 Å². The molecule has 0 saturated heterocycles. The van der Waals surface area contributed by atoms with Crippen LogP contribution in [0.15, 0.2) is 16.7 Å². The van der Waals surface area contributed by atoms with Crippen molar-refractivity contribution in [3.05, 3.63) is 22.3 Å². The van der Waals surface area contributed by atoms with Gasteiger partial charge >= 0.3 is 0 Å². The normalized spacial score (nSPS) is 12.1. The van der Waals surface area contributed by atoms with Crippen molar-refractivity contribution < 1.29 is 4.79 Å². The molecule has 1 aromatic heterocycles. The molecule has 0 bridgehead atoms. The van der Waals surface area contributed by atoms with Crippen LogP contribution in [0.4, 0.5) is 5.82 Å². The molecule has 1 heterocycles. The summed E-state index contributed by atoms with van der Waals surface area (Å²) in [5.74, 6) is 0.834. The molecule has 5 heteroatoms. The maximum absolute atomic E-state index is 11.5. The van der Waals surface area contributed by atoms with Crippen molar-refractivity contribution in [2.75, 3.05) is 25.5 Å². The van der Waals surface area contributed by atoms with Crippen molar-refractivity contribution in [2.45, 2.75) is 13.8 Å². The fourth-order valence-corrected chi connectivity index (χ4v) is 2.16. The van der Waals surface area contributed by atoms with Crippen LogP contribution in [0, 0.1) is 12.8 Å². The fraction of sp³-hybridized carbons (Fsp3) is 0.500. The Morgan fingerprint density at radius 3 is 2.88 bits per heavy atom. The Kier molecular flexibility index (Phi) is 4.93. The zero-order chi connectivity index (χ0) is 13.0. The van der Waals surface area contributed by atoms with Gasteiger partial charge in [0.1, 0.15) is 5.82 Å². The number of amides is 1. The van der Waals surface area contributed by atoms with E-state index in [9.17, 15) is 4.79 Å². The Balaban J connectivity index is 2.80. The molecular weight excluding hydrogens is 282 g/mol. The van der Waals surface area contributed by atoms with Crippen LogP contribution in [0.25, 0.3) is 0 Å². The third-order valence-electron chi connectivity index (χ3n) is 2.67. The summed E-state index contributed by atoms with van der Waals surface area (Å²) < 4.78 is 0.978. The summed E-state index contributed by atoms with van der Waals surface area (Å²) in [6.07, 6.45) is 1.77. The topological polar surface area (TPSA) is 45.2 Å². The van der Waals surface area contributed by atoms with E-state index < -0.39 is 0 Å². The first kappa shape index (κ1) is 14.0. The van der Waals surface area contributed by atoms with Crippen molar-refractivity contribution in [1.82, 2.24) is 10.3 Å². The number of nitrogens with zero attached hydrogens (tertiary/aromatic N) is 2. The average Bonchev–Trinajstić information content (AvgIpc) is 2.31. The van der Waals surface area contributed by atoms with E-state index in [-0.39, 0.29) is 11.8 Å². The zero-order valence-electron chi connectivity index (χ0n) is 10.6. The number of aromatic nitrogens is 1. The number of aryl methyl sites for hydroxylation is 1. The molecule has 0 spiro atoms. The van der Waals surface area contributed by atoms with Crippen molar-refractivity contribution in [2.24, 2.45) is 5.92 Å². The second-order valence-electron chi connectivity index (χ2n) is 4.16. The first-order chi connectivity index (χ1) is 7.97. The number of hydrogen-bond donors (Lipinski definition) is 1. The molecule has 0 fully saturated rings. The van der Waals surface area contributed by atoms with E-state index in [1.807, 2.05) is 31.9 Å². The second-order valence-corrected chi connectivity index (χ2v) is 4.95. The van der Waals surface area contributed by atoms with Gasteiger partial charge < -0.3 is 10.2 Å². The van der Waals surface area contributed by atoms with Crippen molar-refractivity contribution in [3.63, 3.8) is 0 Å². The van der Waals surface area contributed by atoms with Gasteiger partial charge in [0.2, 0.25) is 5.91 Å². The van der Waals surface area contributed by atoms with Gasteiger partial charge in [-0.1, -0.05) is 6.92 Å². The average molecular weight is 300 g/mol. The zero-order valence-corrected chi connectivity index (χ0v) is 12.2. The van der Waals surface area contributed by atoms with E-state index in [0.29, 0.717) is 6.54 Å². The second kappa shape index (κ2) is 6.00. The highest BCUT2D eigenvalue weighted by atomic mass is 79.9. The van der Waals surface area contributed by atoms with Gasteiger partial charge in [-0.3, -0.25) is 4.79 Å². The van der Waals surface area contributed by atoms with E-state index in [1.54, 1.807) is 13.2 Å². The van der Waals surface area contributed by atoms with Gasteiger partial charge in [0.15, 0.2) is 0 Å². The highest BCUT2D eigenvalue weighted by molar-refractivity contribution is 9.10. The molecule has 1 rings (SSSR count). The maximum atomic E-state index is 11.5. The molecule has 0 radical (unpaired) electrons. The summed E-state index contributed by atoms with van der Waals surface area (Å²) in [4.78, 5) is 17.8. The summed E-state index contributed by atoms with van der Waals surface area (Å²) in [6.45, 7) is 4.55. The molecule has 1 atom stereocenters. The van der Waals surface area contributed by atoms with Gasteiger partial charge in [0, 0.05) is 26.8 Å². The van der Waals surface area contributed by atoms with E-state index in [4.69, 9.17) is 0 Å². The van der Waals surface area contributed by atoms with Crippen LogP contribution in [0.1, 0.15) is 12.5 Å². The Morgan fingerprint density at radius 1 is 1.65 bits per heavy atom. The number of nitrogens with one attached hydrogen (secondary N) is 1. The molecule has 0 aliphatic rings. The van der Waals surface area contributed by atoms with E-state index >= 15 is 0 Å². The molecule has 4 nitrogen and oxygen atoms in total. The lowest BCUT2D eigenvalue weighted by atomic mass is 10.1. The molecule has 0 aliphatic carbocycles. The largest absolute Gasteiger partial charge is 0.359 e. The lowest BCUT2D eigenvalue weighted by Gasteiger charge is -2.23. The minimum atomic E-state index is -0.0702. The number of pyridine rings is 1. The van der Waals surface area contributed by atoms with Crippen molar-refractivity contribution in [1.29, 1.82) is 0 Å². The van der Waals surface area contributed by atoms with Crippen molar-refractivity contribution in [3.8, 4) is 0 Å². The monoisotopic (exact) mass is 299 g/mol. The molecule has 17 heavy (non-hydrogen) atoms. The predicted octanol–water partition coefficient (Wildman–Crippen LogP) is 1.97. The van der Waals surface area contributed by atoms with E-state index in [1.165, 1.54) is 0 Å². The maximum Gasteiger partial charge on any atom is 0.224 e. The summed E-state index contributed by atoms with van der Waals surface area (Å²) >= 11 is 3.52. The van der Waals surface area contributed by atoms with Crippen LogP contribution < -0.4 is 10.2 Å². The van der Waals surface area contributed by atoms with Crippen LogP contribution >= 0.6 is 15.9 Å². The third kappa shape index (κ3) is 3.43. The third-order valence-corrected chi connectivity index (χ3v) is 3.65. The molecular formula is C12H18BrN3O. The highest BCUT2D eigenvalue weighted by Crippen LogP contribution is 2.26. The molecule has 0 saturated carbocycles.